The zero-order chi connectivity index (χ0) is 19.2. The van der Waals surface area contributed by atoms with E-state index in [4.69, 9.17) is 4.52 Å². The van der Waals surface area contributed by atoms with Crippen LogP contribution in [0.4, 0.5) is 4.39 Å². The molecule has 3 aromatic rings. The second-order valence-electron chi connectivity index (χ2n) is 7.15. The van der Waals surface area contributed by atoms with Crippen LogP contribution < -0.4 is 4.72 Å². The minimum Gasteiger partial charge on any atom is -0.339 e. The summed E-state index contributed by atoms with van der Waals surface area (Å²) in [4.78, 5) is 4.05. The first-order valence-electron chi connectivity index (χ1n) is 8.46. The fraction of sp³-hybridized carbons (Fsp3) is 0.263. The minimum atomic E-state index is -4.00. The van der Waals surface area contributed by atoms with E-state index in [1.165, 1.54) is 18.2 Å². The van der Waals surface area contributed by atoms with Crippen molar-refractivity contribution in [1.29, 1.82) is 0 Å². The van der Waals surface area contributed by atoms with Crippen LogP contribution in [0.1, 0.15) is 25.7 Å². The Morgan fingerprint density at radius 1 is 1.07 bits per heavy atom. The van der Waals surface area contributed by atoms with Crippen molar-refractivity contribution in [2.75, 3.05) is 0 Å². The summed E-state index contributed by atoms with van der Waals surface area (Å²) >= 11 is 0. The van der Waals surface area contributed by atoms with E-state index in [0.29, 0.717) is 11.7 Å². The number of halogens is 1. The third kappa shape index (κ3) is 3.15. The molecule has 0 bridgehead atoms. The maximum atomic E-state index is 13.9. The average molecular weight is 387 g/mol. The predicted octanol–water partition coefficient (Wildman–Crippen LogP) is 3.35. The van der Waals surface area contributed by atoms with Gasteiger partial charge in [-0.2, -0.15) is 4.98 Å². The fourth-order valence-electron chi connectivity index (χ4n) is 3.28. The molecule has 1 aliphatic carbocycles. The molecule has 8 heteroatoms. The predicted molar refractivity (Wildman–Crippen MR) is 96.8 cm³/mol. The summed E-state index contributed by atoms with van der Waals surface area (Å²) in [5.74, 6) is -0.266. The molecule has 2 aromatic carbocycles. The van der Waals surface area contributed by atoms with Gasteiger partial charge in [-0.1, -0.05) is 61.5 Å². The Balaban J connectivity index is 1.58. The van der Waals surface area contributed by atoms with Gasteiger partial charge in [0.15, 0.2) is 0 Å². The molecule has 2 atom stereocenters. The SMILES string of the molecule is CC1(C)C(NS(=O)(=O)c2ccccc2F)C1c1nc(-c2ccccc2)no1. The van der Waals surface area contributed by atoms with Gasteiger partial charge in [0, 0.05) is 11.6 Å². The fourth-order valence-corrected chi connectivity index (χ4v) is 4.76. The molecule has 0 aliphatic heterocycles. The van der Waals surface area contributed by atoms with Gasteiger partial charge in [0.05, 0.1) is 5.92 Å². The molecule has 1 heterocycles. The van der Waals surface area contributed by atoms with Crippen molar-refractivity contribution in [2.24, 2.45) is 5.41 Å². The maximum absolute atomic E-state index is 13.9. The molecule has 1 N–H and O–H groups in total. The van der Waals surface area contributed by atoms with E-state index in [1.807, 2.05) is 44.2 Å². The normalized spacial score (nSPS) is 21.1. The van der Waals surface area contributed by atoms with Crippen molar-refractivity contribution in [2.45, 2.75) is 30.7 Å². The maximum Gasteiger partial charge on any atom is 0.243 e. The molecule has 1 fully saturated rings. The summed E-state index contributed by atoms with van der Waals surface area (Å²) in [7, 11) is -4.00. The largest absolute Gasteiger partial charge is 0.339 e. The number of benzene rings is 2. The lowest BCUT2D eigenvalue weighted by atomic mass is 10.1. The summed E-state index contributed by atoms with van der Waals surface area (Å²) in [6.45, 7) is 3.80. The van der Waals surface area contributed by atoms with Crippen LogP contribution in [0.5, 0.6) is 0 Å². The molecular formula is C19H18FN3O3S. The van der Waals surface area contributed by atoms with Gasteiger partial charge in [0.1, 0.15) is 10.7 Å². The second-order valence-corrected chi connectivity index (χ2v) is 8.83. The Bertz CT molecular complexity index is 1080. The highest BCUT2D eigenvalue weighted by Crippen LogP contribution is 2.58. The molecule has 2 unspecified atom stereocenters. The number of nitrogens with one attached hydrogen (secondary N) is 1. The molecule has 0 spiro atoms. The van der Waals surface area contributed by atoms with Crippen molar-refractivity contribution in [1.82, 2.24) is 14.9 Å². The van der Waals surface area contributed by atoms with Crippen LogP contribution in [-0.4, -0.2) is 24.6 Å². The number of nitrogens with zero attached hydrogens (tertiary/aromatic N) is 2. The van der Waals surface area contributed by atoms with Gasteiger partial charge in [0.25, 0.3) is 0 Å². The Hall–Kier alpha value is -2.58. The first-order valence-corrected chi connectivity index (χ1v) is 9.95. The van der Waals surface area contributed by atoms with Gasteiger partial charge < -0.3 is 4.52 Å². The van der Waals surface area contributed by atoms with E-state index < -0.39 is 27.3 Å². The third-order valence-electron chi connectivity index (χ3n) is 4.98. The van der Waals surface area contributed by atoms with E-state index in [1.54, 1.807) is 0 Å². The van der Waals surface area contributed by atoms with Gasteiger partial charge in [-0.05, 0) is 17.5 Å². The highest BCUT2D eigenvalue weighted by Gasteiger charge is 2.63. The lowest BCUT2D eigenvalue weighted by Gasteiger charge is -2.08. The minimum absolute atomic E-state index is 0.288. The van der Waals surface area contributed by atoms with Gasteiger partial charge in [-0.15, -0.1) is 0 Å². The first-order chi connectivity index (χ1) is 12.8. The summed E-state index contributed by atoms with van der Waals surface area (Å²) in [5.41, 5.74) is 0.383. The number of hydrogen-bond donors (Lipinski definition) is 1. The van der Waals surface area contributed by atoms with E-state index in [0.717, 1.165) is 11.6 Å². The molecule has 0 radical (unpaired) electrons. The van der Waals surface area contributed by atoms with Crippen molar-refractivity contribution in [3.63, 3.8) is 0 Å². The Labute approximate surface area is 156 Å². The first kappa shape index (κ1) is 17.8. The van der Waals surface area contributed by atoms with Crippen LogP contribution in [0.15, 0.2) is 64.0 Å². The summed E-state index contributed by atoms with van der Waals surface area (Å²) in [6, 6.07) is 14.2. The number of hydrogen-bond acceptors (Lipinski definition) is 5. The molecule has 140 valence electrons. The van der Waals surface area contributed by atoms with Gasteiger partial charge in [-0.3, -0.25) is 0 Å². The zero-order valence-electron chi connectivity index (χ0n) is 14.8. The molecule has 1 aromatic heterocycles. The van der Waals surface area contributed by atoms with Crippen molar-refractivity contribution < 1.29 is 17.3 Å². The highest BCUT2D eigenvalue weighted by molar-refractivity contribution is 7.89. The molecule has 4 rings (SSSR count). The Morgan fingerprint density at radius 3 is 2.44 bits per heavy atom. The Morgan fingerprint density at radius 2 is 1.74 bits per heavy atom. The average Bonchev–Trinajstić information content (AvgIpc) is 2.99. The second kappa shape index (κ2) is 6.24. The topological polar surface area (TPSA) is 85.1 Å². The summed E-state index contributed by atoms with van der Waals surface area (Å²) < 4.78 is 47.0. The van der Waals surface area contributed by atoms with Gasteiger partial charge in [-0.25, -0.2) is 17.5 Å². The molecule has 0 saturated heterocycles. The van der Waals surface area contributed by atoms with Crippen LogP contribution in [0, 0.1) is 11.2 Å². The molecule has 1 aliphatic rings. The lowest BCUT2D eigenvalue weighted by molar-refractivity contribution is 0.368. The van der Waals surface area contributed by atoms with Crippen LogP contribution in [0.2, 0.25) is 0 Å². The highest BCUT2D eigenvalue weighted by atomic mass is 32.2. The van der Waals surface area contributed by atoms with Crippen molar-refractivity contribution >= 4 is 10.0 Å². The van der Waals surface area contributed by atoms with E-state index in [-0.39, 0.29) is 10.8 Å². The van der Waals surface area contributed by atoms with Crippen molar-refractivity contribution in [3.8, 4) is 11.4 Å². The molecule has 27 heavy (non-hydrogen) atoms. The zero-order valence-corrected chi connectivity index (χ0v) is 15.6. The number of aromatic nitrogens is 2. The molecule has 1 saturated carbocycles. The van der Waals surface area contributed by atoms with Gasteiger partial charge in [0.2, 0.25) is 21.7 Å². The molecule has 0 amide bonds. The monoisotopic (exact) mass is 387 g/mol. The third-order valence-corrected chi connectivity index (χ3v) is 6.45. The Kier molecular flexibility index (Phi) is 4.12. The summed E-state index contributed by atoms with van der Waals surface area (Å²) in [5, 5.41) is 3.99. The van der Waals surface area contributed by atoms with E-state index in [9.17, 15) is 12.8 Å². The van der Waals surface area contributed by atoms with Gasteiger partial charge >= 0.3 is 0 Å². The molecular weight excluding hydrogens is 369 g/mol. The quantitative estimate of drug-likeness (QED) is 0.726. The van der Waals surface area contributed by atoms with Crippen LogP contribution in [-0.2, 0) is 10.0 Å². The smallest absolute Gasteiger partial charge is 0.243 e. The van der Waals surface area contributed by atoms with E-state index >= 15 is 0 Å². The number of sulfonamides is 1. The van der Waals surface area contributed by atoms with E-state index in [2.05, 4.69) is 14.9 Å². The van der Waals surface area contributed by atoms with Crippen LogP contribution in [0.3, 0.4) is 0 Å². The van der Waals surface area contributed by atoms with Crippen LogP contribution >= 0.6 is 0 Å². The standard InChI is InChI=1S/C19H18FN3O3S/c1-19(2)15(18-21-17(22-26-18)12-8-4-3-5-9-12)16(19)23-27(24,25)14-11-7-6-10-13(14)20/h3-11,15-16,23H,1-2H3. The molecule has 6 nitrogen and oxygen atoms in total. The van der Waals surface area contributed by atoms with Crippen molar-refractivity contribution in [3.05, 3.63) is 66.3 Å². The summed E-state index contributed by atoms with van der Waals surface area (Å²) in [6.07, 6.45) is 0. The lowest BCUT2D eigenvalue weighted by Crippen LogP contribution is -2.29. The van der Waals surface area contributed by atoms with Crippen LogP contribution in [0.25, 0.3) is 11.4 Å². The number of rotatable bonds is 5.